The average Bonchev–Trinajstić information content (AvgIpc) is 2.82. The molecule has 3 nitrogen and oxygen atoms in total. The van der Waals surface area contributed by atoms with Gasteiger partial charge in [0.1, 0.15) is 5.76 Å². The van der Waals surface area contributed by atoms with Crippen molar-refractivity contribution >= 4 is 18.4 Å². The molecule has 4 heteroatoms. The molecule has 0 bridgehead atoms. The highest BCUT2D eigenvalue weighted by atomic mass is 32.1. The Morgan fingerprint density at radius 1 is 1.39 bits per heavy atom. The van der Waals surface area contributed by atoms with Gasteiger partial charge in [-0.05, 0) is 25.1 Å². The summed E-state index contributed by atoms with van der Waals surface area (Å²) in [6.45, 7) is 6.16. The van der Waals surface area contributed by atoms with E-state index in [4.69, 9.17) is 14.2 Å². The normalized spacial score (nSPS) is 14.2. The second-order valence-corrected chi connectivity index (χ2v) is 4.33. The van der Waals surface area contributed by atoms with Crippen molar-refractivity contribution in [1.29, 1.82) is 0 Å². The lowest BCUT2D eigenvalue weighted by Gasteiger charge is -2.13. The van der Waals surface area contributed by atoms with E-state index in [0.717, 1.165) is 34.0 Å². The smallest absolute Gasteiger partial charge is 0.231 e. The van der Waals surface area contributed by atoms with Crippen LogP contribution in [-0.4, -0.2) is 19.7 Å². The summed E-state index contributed by atoms with van der Waals surface area (Å²) in [6, 6.07) is 5.73. The second-order valence-electron chi connectivity index (χ2n) is 4.02. The van der Waals surface area contributed by atoms with Gasteiger partial charge < -0.3 is 14.2 Å². The van der Waals surface area contributed by atoms with Crippen LogP contribution in [0.4, 0.5) is 0 Å². The first-order chi connectivity index (χ1) is 8.67. The molecule has 1 heterocycles. The Kier molecular flexibility index (Phi) is 3.87. The van der Waals surface area contributed by atoms with Crippen LogP contribution in [-0.2, 0) is 4.74 Å². The molecule has 0 aromatic heterocycles. The molecule has 0 saturated carbocycles. The number of allylic oxidation sites excluding steroid dienone is 1. The maximum atomic E-state index is 5.48. The number of methoxy groups -OCH3 is 1. The first-order valence-electron chi connectivity index (χ1n) is 5.61. The lowest BCUT2D eigenvalue weighted by atomic mass is 10.0. The van der Waals surface area contributed by atoms with Crippen molar-refractivity contribution in [2.45, 2.75) is 6.92 Å². The zero-order valence-corrected chi connectivity index (χ0v) is 11.4. The Hall–Kier alpha value is -1.55. The Morgan fingerprint density at radius 2 is 2.11 bits per heavy atom. The van der Waals surface area contributed by atoms with E-state index < -0.39 is 0 Å². The Bertz CT molecular complexity index is 506. The van der Waals surface area contributed by atoms with E-state index in [1.165, 1.54) is 0 Å². The summed E-state index contributed by atoms with van der Waals surface area (Å²) in [7, 11) is 1.65. The summed E-state index contributed by atoms with van der Waals surface area (Å²) in [6.07, 6.45) is 0. The Labute approximate surface area is 112 Å². The molecule has 0 aliphatic carbocycles. The standard InChI is InChI=1S/C14H16O3S/c1-9(2)11(7-18)14(15-3)10-4-5-12-13(6-10)17-8-16-12/h4-6,18H,1,7-8H2,2-3H3/b14-11-. The fourth-order valence-electron chi connectivity index (χ4n) is 1.85. The van der Waals surface area contributed by atoms with Crippen LogP contribution in [0.25, 0.3) is 5.76 Å². The van der Waals surface area contributed by atoms with E-state index in [9.17, 15) is 0 Å². The molecule has 0 amide bonds. The van der Waals surface area contributed by atoms with Crippen molar-refractivity contribution < 1.29 is 14.2 Å². The van der Waals surface area contributed by atoms with E-state index in [0.29, 0.717) is 5.75 Å². The summed E-state index contributed by atoms with van der Waals surface area (Å²) in [4.78, 5) is 0. The molecule has 96 valence electrons. The molecule has 18 heavy (non-hydrogen) atoms. The van der Waals surface area contributed by atoms with E-state index in [-0.39, 0.29) is 6.79 Å². The molecule has 0 atom stereocenters. The van der Waals surface area contributed by atoms with Crippen LogP contribution in [0, 0.1) is 0 Å². The van der Waals surface area contributed by atoms with Crippen molar-refractivity contribution in [2.24, 2.45) is 0 Å². The Balaban J connectivity index is 2.48. The average molecular weight is 264 g/mol. The van der Waals surface area contributed by atoms with Gasteiger partial charge in [0.15, 0.2) is 11.5 Å². The molecule has 0 fully saturated rings. The Morgan fingerprint density at radius 3 is 2.72 bits per heavy atom. The summed E-state index contributed by atoms with van der Waals surface area (Å²) < 4.78 is 16.1. The maximum absolute atomic E-state index is 5.48. The lowest BCUT2D eigenvalue weighted by molar-refractivity contribution is 0.174. The van der Waals surface area contributed by atoms with Crippen molar-refractivity contribution in [3.8, 4) is 11.5 Å². The zero-order chi connectivity index (χ0) is 13.1. The maximum Gasteiger partial charge on any atom is 0.231 e. The molecule has 1 aromatic carbocycles. The molecule has 0 spiro atoms. The highest BCUT2D eigenvalue weighted by Crippen LogP contribution is 2.36. The van der Waals surface area contributed by atoms with Crippen molar-refractivity contribution in [2.75, 3.05) is 19.7 Å². The van der Waals surface area contributed by atoms with Crippen molar-refractivity contribution in [3.63, 3.8) is 0 Å². The third-order valence-electron chi connectivity index (χ3n) is 2.79. The molecule has 0 N–H and O–H groups in total. The van der Waals surface area contributed by atoms with Crippen molar-refractivity contribution in [1.82, 2.24) is 0 Å². The highest BCUT2D eigenvalue weighted by Gasteiger charge is 2.17. The molecule has 1 aliphatic rings. The molecular formula is C14H16O3S. The van der Waals surface area contributed by atoms with Crippen LogP contribution < -0.4 is 9.47 Å². The topological polar surface area (TPSA) is 27.7 Å². The molecular weight excluding hydrogens is 248 g/mol. The number of ether oxygens (including phenoxy) is 3. The van der Waals surface area contributed by atoms with Gasteiger partial charge in [0, 0.05) is 16.9 Å². The number of thiol groups is 1. The van der Waals surface area contributed by atoms with E-state index in [2.05, 4.69) is 19.2 Å². The minimum absolute atomic E-state index is 0.269. The largest absolute Gasteiger partial charge is 0.496 e. The van der Waals surface area contributed by atoms with Gasteiger partial charge in [0.2, 0.25) is 6.79 Å². The first kappa shape index (κ1) is 12.9. The van der Waals surface area contributed by atoms with E-state index in [1.54, 1.807) is 7.11 Å². The molecule has 1 aromatic rings. The minimum atomic E-state index is 0.269. The van der Waals surface area contributed by atoms with Gasteiger partial charge in [-0.1, -0.05) is 12.2 Å². The number of hydrogen-bond acceptors (Lipinski definition) is 4. The molecule has 0 saturated heterocycles. The number of fused-ring (bicyclic) bond motifs is 1. The monoisotopic (exact) mass is 264 g/mol. The predicted molar refractivity (Wildman–Crippen MR) is 75.2 cm³/mol. The summed E-state index contributed by atoms with van der Waals surface area (Å²) in [5.41, 5.74) is 2.87. The third-order valence-corrected chi connectivity index (χ3v) is 3.10. The molecule has 0 radical (unpaired) electrons. The van der Waals surface area contributed by atoms with Gasteiger partial charge in [-0.25, -0.2) is 0 Å². The second kappa shape index (κ2) is 5.40. The van der Waals surface area contributed by atoms with Gasteiger partial charge in [0.25, 0.3) is 0 Å². The third kappa shape index (κ3) is 2.34. The lowest BCUT2D eigenvalue weighted by Crippen LogP contribution is -1.97. The fraction of sp³-hybridized carbons (Fsp3) is 0.286. The fourth-order valence-corrected chi connectivity index (χ4v) is 2.27. The zero-order valence-electron chi connectivity index (χ0n) is 10.5. The van der Waals surface area contributed by atoms with E-state index >= 15 is 0 Å². The van der Waals surface area contributed by atoms with E-state index in [1.807, 2.05) is 25.1 Å². The van der Waals surface area contributed by atoms with Crippen LogP contribution in [0.3, 0.4) is 0 Å². The number of rotatable bonds is 4. The summed E-state index contributed by atoms with van der Waals surface area (Å²) >= 11 is 4.33. The number of benzene rings is 1. The van der Waals surface area contributed by atoms with Crippen LogP contribution >= 0.6 is 12.6 Å². The predicted octanol–water partition coefficient (Wildman–Crippen LogP) is 3.28. The van der Waals surface area contributed by atoms with Gasteiger partial charge in [-0.2, -0.15) is 12.6 Å². The first-order valence-corrected chi connectivity index (χ1v) is 6.24. The van der Waals surface area contributed by atoms with Gasteiger partial charge in [-0.3, -0.25) is 0 Å². The molecule has 0 unspecified atom stereocenters. The van der Waals surface area contributed by atoms with Gasteiger partial charge >= 0.3 is 0 Å². The SMILES string of the molecule is C=C(C)/C(CS)=C(\OC)c1ccc2c(c1)OCO2. The van der Waals surface area contributed by atoms with Crippen LogP contribution in [0.5, 0.6) is 11.5 Å². The van der Waals surface area contributed by atoms with Crippen LogP contribution in [0.2, 0.25) is 0 Å². The quantitative estimate of drug-likeness (QED) is 0.514. The minimum Gasteiger partial charge on any atom is -0.496 e. The highest BCUT2D eigenvalue weighted by molar-refractivity contribution is 7.80. The molecule has 2 rings (SSSR count). The molecule has 1 aliphatic heterocycles. The van der Waals surface area contributed by atoms with Gasteiger partial charge in [-0.15, -0.1) is 0 Å². The van der Waals surface area contributed by atoms with Crippen molar-refractivity contribution in [3.05, 3.63) is 41.5 Å². The van der Waals surface area contributed by atoms with Gasteiger partial charge in [0.05, 0.1) is 7.11 Å². The van der Waals surface area contributed by atoms with Crippen LogP contribution in [0.15, 0.2) is 35.9 Å². The summed E-state index contributed by atoms with van der Waals surface area (Å²) in [5, 5.41) is 0. The summed E-state index contributed by atoms with van der Waals surface area (Å²) in [5.74, 6) is 2.85. The van der Waals surface area contributed by atoms with Crippen LogP contribution in [0.1, 0.15) is 12.5 Å². The number of hydrogen-bond donors (Lipinski definition) is 1.